The van der Waals surface area contributed by atoms with Crippen LogP contribution in [-0.4, -0.2) is 42.3 Å². The lowest BCUT2D eigenvalue weighted by Crippen LogP contribution is -2.51. The number of amides is 2. The van der Waals surface area contributed by atoms with Gasteiger partial charge in [0.1, 0.15) is 19.2 Å². The van der Waals surface area contributed by atoms with Crippen molar-refractivity contribution in [3.63, 3.8) is 0 Å². The number of rotatable bonds is 6. The molecule has 2 amide bonds. The molecule has 3 rings (SSSR count). The van der Waals surface area contributed by atoms with E-state index < -0.39 is 29.4 Å². The first kappa shape index (κ1) is 21.4. The molecule has 30 heavy (non-hydrogen) atoms. The highest BCUT2D eigenvalue weighted by Crippen LogP contribution is 2.44. The van der Waals surface area contributed by atoms with E-state index in [0.717, 1.165) is 22.3 Å². The summed E-state index contributed by atoms with van der Waals surface area (Å²) in [6, 6.07) is 14.9. The number of aliphatic carboxylic acids is 1. The average molecular weight is 410 g/mol. The topological polar surface area (TPSA) is 105 Å². The molecule has 158 valence electrons. The maximum absolute atomic E-state index is 12.1. The lowest BCUT2D eigenvalue weighted by atomic mass is 9.87. The van der Waals surface area contributed by atoms with Gasteiger partial charge in [0.25, 0.3) is 0 Å². The van der Waals surface area contributed by atoms with Crippen LogP contribution in [0.15, 0.2) is 48.5 Å². The summed E-state index contributed by atoms with van der Waals surface area (Å²) in [5.41, 5.74) is 3.79. The lowest BCUT2D eigenvalue weighted by Gasteiger charge is -2.27. The van der Waals surface area contributed by atoms with E-state index in [1.54, 1.807) is 20.8 Å². The number of carboxylic acids is 1. The van der Waals surface area contributed by atoms with Gasteiger partial charge in [-0.25, -0.2) is 9.59 Å². The van der Waals surface area contributed by atoms with Crippen molar-refractivity contribution in [2.24, 2.45) is 5.41 Å². The molecular weight excluding hydrogens is 384 g/mol. The van der Waals surface area contributed by atoms with Gasteiger partial charge in [-0.05, 0) is 27.7 Å². The molecule has 0 spiro atoms. The van der Waals surface area contributed by atoms with Crippen LogP contribution in [-0.2, 0) is 14.3 Å². The summed E-state index contributed by atoms with van der Waals surface area (Å²) in [4.78, 5) is 35.5. The van der Waals surface area contributed by atoms with Crippen LogP contribution in [0.1, 0.15) is 37.8 Å². The molecular formula is C23H26N2O5. The van der Waals surface area contributed by atoms with Gasteiger partial charge in [0.05, 0.1) is 0 Å². The lowest BCUT2D eigenvalue weighted by molar-refractivity contribution is -0.144. The highest BCUT2D eigenvalue weighted by atomic mass is 16.5. The molecule has 7 heteroatoms. The molecule has 0 saturated carbocycles. The summed E-state index contributed by atoms with van der Waals surface area (Å²) in [5, 5.41) is 14.1. The Labute approximate surface area is 175 Å². The van der Waals surface area contributed by atoms with Crippen LogP contribution < -0.4 is 10.6 Å². The van der Waals surface area contributed by atoms with E-state index in [1.807, 2.05) is 48.5 Å². The van der Waals surface area contributed by atoms with Crippen molar-refractivity contribution in [3.05, 3.63) is 59.7 Å². The van der Waals surface area contributed by atoms with Crippen molar-refractivity contribution < 1.29 is 24.2 Å². The van der Waals surface area contributed by atoms with Crippen molar-refractivity contribution in [2.45, 2.75) is 32.7 Å². The van der Waals surface area contributed by atoms with Gasteiger partial charge in [-0.15, -0.1) is 0 Å². The van der Waals surface area contributed by atoms with Gasteiger partial charge in [0, 0.05) is 5.92 Å². The third kappa shape index (κ3) is 4.62. The Hall–Kier alpha value is -3.35. The number of fused-ring (bicyclic) bond motifs is 3. The van der Waals surface area contributed by atoms with Crippen LogP contribution in [0.5, 0.6) is 0 Å². The highest BCUT2D eigenvalue weighted by Gasteiger charge is 2.33. The number of carbonyl (C=O) groups excluding carboxylic acids is 2. The SMILES string of the molecule is CC(C)(C)[C@@H](NC(=O)CNC(=O)OCC1c2ccccc2-c2ccccc21)C(=O)O. The quantitative estimate of drug-likeness (QED) is 0.679. The summed E-state index contributed by atoms with van der Waals surface area (Å²) in [5.74, 6) is -1.79. The van der Waals surface area contributed by atoms with E-state index in [4.69, 9.17) is 4.74 Å². The minimum absolute atomic E-state index is 0.0748. The van der Waals surface area contributed by atoms with E-state index in [1.165, 1.54) is 0 Å². The Morgan fingerprint density at radius 2 is 1.53 bits per heavy atom. The van der Waals surface area contributed by atoms with E-state index >= 15 is 0 Å². The molecule has 0 saturated heterocycles. The van der Waals surface area contributed by atoms with Gasteiger partial charge < -0.3 is 20.5 Å². The third-order valence-corrected chi connectivity index (χ3v) is 5.16. The molecule has 0 fully saturated rings. The van der Waals surface area contributed by atoms with Crippen molar-refractivity contribution in [1.29, 1.82) is 0 Å². The predicted molar refractivity (Wildman–Crippen MR) is 112 cm³/mol. The maximum Gasteiger partial charge on any atom is 0.407 e. The number of benzene rings is 2. The molecule has 7 nitrogen and oxygen atoms in total. The molecule has 0 aromatic heterocycles. The zero-order chi connectivity index (χ0) is 21.9. The van der Waals surface area contributed by atoms with Crippen molar-refractivity contribution in [1.82, 2.24) is 10.6 Å². The molecule has 0 radical (unpaired) electrons. The summed E-state index contributed by atoms with van der Waals surface area (Å²) in [7, 11) is 0. The van der Waals surface area contributed by atoms with E-state index in [9.17, 15) is 19.5 Å². The van der Waals surface area contributed by atoms with Gasteiger partial charge in [0.15, 0.2) is 0 Å². The summed E-state index contributed by atoms with van der Waals surface area (Å²) in [6.07, 6.45) is -0.727. The molecule has 3 N–H and O–H groups in total. The first-order chi connectivity index (χ1) is 14.2. The Balaban J connectivity index is 1.55. The molecule has 0 bridgehead atoms. The normalized spacial score (nSPS) is 13.7. The fourth-order valence-electron chi connectivity index (χ4n) is 3.66. The first-order valence-electron chi connectivity index (χ1n) is 9.79. The summed E-state index contributed by atoms with van der Waals surface area (Å²) < 4.78 is 5.36. The van der Waals surface area contributed by atoms with E-state index in [0.29, 0.717) is 0 Å². The van der Waals surface area contributed by atoms with Crippen LogP contribution >= 0.6 is 0 Å². The maximum atomic E-state index is 12.1. The highest BCUT2D eigenvalue weighted by molar-refractivity contribution is 5.87. The first-order valence-corrected chi connectivity index (χ1v) is 9.79. The van der Waals surface area contributed by atoms with Gasteiger partial charge >= 0.3 is 12.1 Å². The van der Waals surface area contributed by atoms with Gasteiger partial charge in [-0.2, -0.15) is 0 Å². The standard InChI is InChI=1S/C23H26N2O5/c1-23(2,3)20(21(27)28)25-19(26)12-24-22(29)30-13-18-16-10-6-4-8-14(16)15-9-5-7-11-17(15)18/h4-11,18,20H,12-13H2,1-3H3,(H,24,29)(H,25,26)(H,27,28)/t20-/m0/s1. The van der Waals surface area contributed by atoms with Crippen molar-refractivity contribution in [2.75, 3.05) is 13.2 Å². The van der Waals surface area contributed by atoms with Crippen LogP contribution in [0, 0.1) is 5.41 Å². The van der Waals surface area contributed by atoms with Gasteiger partial charge in [-0.1, -0.05) is 69.3 Å². The van der Waals surface area contributed by atoms with Crippen LogP contribution in [0.4, 0.5) is 4.79 Å². The summed E-state index contributed by atoms with van der Waals surface area (Å²) in [6.45, 7) is 4.92. The number of ether oxygens (including phenoxy) is 1. The van der Waals surface area contributed by atoms with Crippen LogP contribution in [0.3, 0.4) is 0 Å². The number of nitrogens with one attached hydrogen (secondary N) is 2. The second-order valence-electron chi connectivity index (χ2n) is 8.38. The van der Waals surface area contributed by atoms with Gasteiger partial charge in [0.2, 0.25) is 5.91 Å². The number of hydrogen-bond acceptors (Lipinski definition) is 4. The molecule has 1 aliphatic carbocycles. The minimum Gasteiger partial charge on any atom is -0.480 e. The van der Waals surface area contributed by atoms with Crippen molar-refractivity contribution >= 4 is 18.0 Å². The average Bonchev–Trinajstić information content (AvgIpc) is 3.01. The molecule has 2 aromatic carbocycles. The third-order valence-electron chi connectivity index (χ3n) is 5.16. The van der Waals surface area contributed by atoms with E-state index in [-0.39, 0.29) is 19.1 Å². The largest absolute Gasteiger partial charge is 0.480 e. The van der Waals surface area contributed by atoms with Crippen LogP contribution in [0.25, 0.3) is 11.1 Å². The monoisotopic (exact) mass is 410 g/mol. The second-order valence-corrected chi connectivity index (χ2v) is 8.38. The van der Waals surface area contributed by atoms with E-state index in [2.05, 4.69) is 10.6 Å². The Morgan fingerprint density at radius 1 is 1.00 bits per heavy atom. The predicted octanol–water partition coefficient (Wildman–Crippen LogP) is 3.14. The second kappa shape index (κ2) is 8.57. The van der Waals surface area contributed by atoms with Crippen LogP contribution in [0.2, 0.25) is 0 Å². The molecule has 1 atom stereocenters. The number of hydrogen-bond donors (Lipinski definition) is 3. The number of carbonyl (C=O) groups is 3. The summed E-state index contributed by atoms with van der Waals surface area (Å²) >= 11 is 0. The Bertz CT molecular complexity index is 919. The van der Waals surface area contributed by atoms with Gasteiger partial charge in [-0.3, -0.25) is 4.79 Å². The minimum atomic E-state index is -1.13. The zero-order valence-electron chi connectivity index (χ0n) is 17.3. The Morgan fingerprint density at radius 3 is 2.03 bits per heavy atom. The van der Waals surface area contributed by atoms with Crippen molar-refractivity contribution in [3.8, 4) is 11.1 Å². The molecule has 2 aromatic rings. The molecule has 0 heterocycles. The number of carboxylic acid groups (broad SMARTS) is 1. The fourth-order valence-corrected chi connectivity index (χ4v) is 3.66. The molecule has 0 unspecified atom stereocenters. The Kier molecular flexibility index (Phi) is 6.10. The molecule has 0 aliphatic heterocycles. The smallest absolute Gasteiger partial charge is 0.407 e. The fraction of sp³-hybridized carbons (Fsp3) is 0.348. The zero-order valence-corrected chi connectivity index (χ0v) is 17.3. The molecule has 1 aliphatic rings. The number of alkyl carbamates (subject to hydrolysis) is 1.